The molecule has 1 aromatic carbocycles. The highest BCUT2D eigenvalue weighted by molar-refractivity contribution is 6.05. The van der Waals surface area contributed by atoms with Gasteiger partial charge in [-0.2, -0.15) is 0 Å². The predicted molar refractivity (Wildman–Crippen MR) is 74.9 cm³/mol. The maximum absolute atomic E-state index is 13.6. The van der Waals surface area contributed by atoms with Crippen LogP contribution in [0.25, 0.3) is 10.9 Å². The van der Waals surface area contributed by atoms with Gasteiger partial charge in [-0.05, 0) is 24.6 Å². The number of carboxylic acids is 1. The van der Waals surface area contributed by atoms with Crippen LogP contribution < -0.4 is 5.32 Å². The lowest BCUT2D eigenvalue weighted by Crippen LogP contribution is -2.44. The molecule has 2 aromatic rings. The van der Waals surface area contributed by atoms with E-state index in [0.29, 0.717) is 17.3 Å². The first-order valence-corrected chi connectivity index (χ1v) is 6.76. The summed E-state index contributed by atoms with van der Waals surface area (Å²) >= 11 is 0. The second-order valence-corrected chi connectivity index (χ2v) is 5.03. The van der Waals surface area contributed by atoms with Crippen LogP contribution in [0.1, 0.15) is 16.8 Å². The van der Waals surface area contributed by atoms with E-state index in [0.717, 1.165) is 6.07 Å². The van der Waals surface area contributed by atoms with Gasteiger partial charge in [-0.3, -0.25) is 9.78 Å². The smallest absolute Gasteiger partial charge is 0.334 e. The molecule has 1 aliphatic heterocycles. The average Bonchev–Trinajstić information content (AvgIpc) is 2.94. The van der Waals surface area contributed by atoms with Gasteiger partial charge in [0.05, 0.1) is 17.1 Å². The standard InChI is InChI=1S/C15H13FN2O4/c16-9-6-8-2-1-4-17-12(8)10(7-9)14(19)18-11-3-5-22-13(11)15(20)21/h1-2,4,6-7,11,13H,3,5H2,(H,18,19)(H,20,21)/t11-,13+/m0/s1. The van der Waals surface area contributed by atoms with E-state index < -0.39 is 29.8 Å². The molecule has 2 N–H and O–H groups in total. The van der Waals surface area contributed by atoms with E-state index in [1.165, 1.54) is 12.3 Å². The molecule has 114 valence electrons. The zero-order valence-electron chi connectivity index (χ0n) is 11.5. The van der Waals surface area contributed by atoms with Gasteiger partial charge in [0.1, 0.15) is 5.82 Å². The SMILES string of the molecule is O=C(N[C@H]1CCO[C@H]1C(=O)O)c1cc(F)cc2cccnc12. The van der Waals surface area contributed by atoms with Gasteiger partial charge in [0.25, 0.3) is 5.91 Å². The Balaban J connectivity index is 1.91. The third-order valence-electron chi connectivity index (χ3n) is 3.57. The van der Waals surface area contributed by atoms with Gasteiger partial charge >= 0.3 is 5.97 Å². The fourth-order valence-corrected chi connectivity index (χ4v) is 2.56. The number of aliphatic carboxylic acids is 1. The molecule has 22 heavy (non-hydrogen) atoms. The number of carbonyl (C=O) groups is 2. The molecule has 0 bridgehead atoms. The number of carbonyl (C=O) groups excluding carboxylic acids is 1. The van der Waals surface area contributed by atoms with E-state index >= 15 is 0 Å². The monoisotopic (exact) mass is 304 g/mol. The van der Waals surface area contributed by atoms with Crippen molar-refractivity contribution in [2.45, 2.75) is 18.6 Å². The number of nitrogens with one attached hydrogen (secondary N) is 1. The number of aromatic nitrogens is 1. The topological polar surface area (TPSA) is 88.5 Å². The first kappa shape index (κ1) is 14.4. The zero-order chi connectivity index (χ0) is 15.7. The highest BCUT2D eigenvalue weighted by atomic mass is 19.1. The minimum atomic E-state index is -1.13. The fraction of sp³-hybridized carbons (Fsp3) is 0.267. The van der Waals surface area contributed by atoms with E-state index in [4.69, 9.17) is 9.84 Å². The molecule has 3 rings (SSSR count). The van der Waals surface area contributed by atoms with Crippen molar-refractivity contribution >= 4 is 22.8 Å². The summed E-state index contributed by atoms with van der Waals surface area (Å²) in [6.45, 7) is 0.254. The van der Waals surface area contributed by atoms with Crippen LogP contribution in [0.15, 0.2) is 30.5 Å². The molecule has 0 unspecified atom stereocenters. The Morgan fingerprint density at radius 1 is 1.41 bits per heavy atom. The van der Waals surface area contributed by atoms with Crippen molar-refractivity contribution in [2.24, 2.45) is 0 Å². The molecule has 0 spiro atoms. The zero-order valence-corrected chi connectivity index (χ0v) is 11.5. The van der Waals surface area contributed by atoms with Gasteiger partial charge in [-0.15, -0.1) is 0 Å². The largest absolute Gasteiger partial charge is 0.479 e. The molecule has 2 atom stereocenters. The second kappa shape index (κ2) is 5.69. The lowest BCUT2D eigenvalue weighted by Gasteiger charge is -2.16. The Kier molecular flexibility index (Phi) is 3.72. The number of rotatable bonds is 3. The molecule has 1 amide bonds. The Morgan fingerprint density at radius 3 is 3.00 bits per heavy atom. The third-order valence-corrected chi connectivity index (χ3v) is 3.57. The minimum Gasteiger partial charge on any atom is -0.479 e. The number of halogens is 1. The molecule has 0 aliphatic carbocycles. The number of ether oxygens (including phenoxy) is 1. The maximum Gasteiger partial charge on any atom is 0.334 e. The van der Waals surface area contributed by atoms with Crippen LogP contribution in [-0.4, -0.2) is 40.7 Å². The van der Waals surface area contributed by atoms with Crippen LogP contribution in [-0.2, 0) is 9.53 Å². The van der Waals surface area contributed by atoms with E-state index in [1.54, 1.807) is 12.1 Å². The van der Waals surface area contributed by atoms with E-state index in [9.17, 15) is 14.0 Å². The van der Waals surface area contributed by atoms with Crippen molar-refractivity contribution in [3.8, 4) is 0 Å². The average molecular weight is 304 g/mol. The maximum atomic E-state index is 13.6. The number of fused-ring (bicyclic) bond motifs is 1. The van der Waals surface area contributed by atoms with Crippen molar-refractivity contribution in [2.75, 3.05) is 6.61 Å². The predicted octanol–water partition coefficient (Wildman–Crippen LogP) is 1.35. The van der Waals surface area contributed by atoms with Gasteiger partial charge in [-0.25, -0.2) is 9.18 Å². The van der Waals surface area contributed by atoms with E-state index in [2.05, 4.69) is 10.3 Å². The molecular weight excluding hydrogens is 291 g/mol. The molecule has 6 nitrogen and oxygen atoms in total. The van der Waals surface area contributed by atoms with E-state index in [1.807, 2.05) is 0 Å². The van der Waals surface area contributed by atoms with Gasteiger partial charge < -0.3 is 15.2 Å². The van der Waals surface area contributed by atoms with Crippen molar-refractivity contribution in [3.05, 3.63) is 41.8 Å². The number of hydrogen-bond donors (Lipinski definition) is 2. The van der Waals surface area contributed by atoms with Gasteiger partial charge in [0.15, 0.2) is 6.10 Å². The molecule has 2 heterocycles. The summed E-state index contributed by atoms with van der Waals surface area (Å²) in [5.74, 6) is -2.25. The van der Waals surface area contributed by atoms with Crippen LogP contribution >= 0.6 is 0 Å². The summed E-state index contributed by atoms with van der Waals surface area (Å²) in [5.41, 5.74) is 0.443. The highest BCUT2D eigenvalue weighted by Crippen LogP contribution is 2.20. The summed E-state index contributed by atoms with van der Waals surface area (Å²) < 4.78 is 18.7. The van der Waals surface area contributed by atoms with Crippen LogP contribution in [0.3, 0.4) is 0 Å². The lowest BCUT2D eigenvalue weighted by atomic mass is 10.1. The Hall–Kier alpha value is -2.54. The number of hydrogen-bond acceptors (Lipinski definition) is 4. The van der Waals surface area contributed by atoms with Crippen LogP contribution in [0.5, 0.6) is 0 Å². The van der Waals surface area contributed by atoms with Gasteiger partial charge in [-0.1, -0.05) is 6.07 Å². The van der Waals surface area contributed by atoms with Crippen molar-refractivity contribution in [1.82, 2.24) is 10.3 Å². The molecule has 0 radical (unpaired) electrons. The summed E-state index contributed by atoms with van der Waals surface area (Å²) in [7, 11) is 0. The molecule has 7 heteroatoms. The third kappa shape index (κ3) is 2.62. The molecule has 0 saturated carbocycles. The summed E-state index contributed by atoms with van der Waals surface area (Å²) in [4.78, 5) is 27.5. The van der Waals surface area contributed by atoms with Crippen molar-refractivity contribution in [3.63, 3.8) is 0 Å². The van der Waals surface area contributed by atoms with Crippen LogP contribution in [0.2, 0.25) is 0 Å². The number of pyridine rings is 1. The Bertz CT molecular complexity index is 749. The summed E-state index contributed by atoms with van der Waals surface area (Å²) in [6, 6.07) is 5.04. The number of amides is 1. The normalized spacial score (nSPS) is 21.0. The molecule has 1 aliphatic rings. The number of nitrogens with zero attached hydrogens (tertiary/aromatic N) is 1. The number of carboxylic acid groups (broad SMARTS) is 1. The highest BCUT2D eigenvalue weighted by Gasteiger charge is 2.35. The second-order valence-electron chi connectivity index (χ2n) is 5.03. The molecule has 1 saturated heterocycles. The fourth-order valence-electron chi connectivity index (χ4n) is 2.56. The Labute approximate surface area is 124 Å². The van der Waals surface area contributed by atoms with Crippen LogP contribution in [0.4, 0.5) is 4.39 Å². The first-order chi connectivity index (χ1) is 10.6. The van der Waals surface area contributed by atoms with Crippen molar-refractivity contribution < 1.29 is 23.8 Å². The molecule has 1 aromatic heterocycles. The van der Waals surface area contributed by atoms with E-state index in [-0.39, 0.29) is 12.2 Å². The molecule has 1 fully saturated rings. The quantitative estimate of drug-likeness (QED) is 0.893. The van der Waals surface area contributed by atoms with Crippen molar-refractivity contribution in [1.29, 1.82) is 0 Å². The molecular formula is C15H13FN2O4. The minimum absolute atomic E-state index is 0.0756. The lowest BCUT2D eigenvalue weighted by molar-refractivity contribution is -0.148. The van der Waals surface area contributed by atoms with Gasteiger partial charge in [0, 0.05) is 18.2 Å². The van der Waals surface area contributed by atoms with Crippen LogP contribution in [0, 0.1) is 5.82 Å². The van der Waals surface area contributed by atoms with Gasteiger partial charge in [0.2, 0.25) is 0 Å². The number of benzene rings is 1. The summed E-state index contributed by atoms with van der Waals surface area (Å²) in [5, 5.41) is 12.1. The Morgan fingerprint density at radius 2 is 2.23 bits per heavy atom. The first-order valence-electron chi connectivity index (χ1n) is 6.76. The summed E-state index contributed by atoms with van der Waals surface area (Å²) in [6.07, 6.45) is 0.816.